The highest BCUT2D eigenvalue weighted by molar-refractivity contribution is 6.35. The Morgan fingerprint density at radius 3 is 2.41 bits per heavy atom. The first-order chi connectivity index (χ1) is 23.4. The number of amides is 1. The van der Waals surface area contributed by atoms with Crippen LogP contribution in [0.15, 0.2) is 48.7 Å². The zero-order chi connectivity index (χ0) is 34.9. The van der Waals surface area contributed by atoms with Crippen LogP contribution in [0.1, 0.15) is 63.5 Å². The number of nitriles is 1. The molecule has 1 unspecified atom stereocenters. The molecular formula is C39H38Cl2N6O2. The van der Waals surface area contributed by atoms with E-state index in [2.05, 4.69) is 30.6 Å². The van der Waals surface area contributed by atoms with Crippen LogP contribution in [0.2, 0.25) is 10.0 Å². The molecule has 0 N–H and O–H groups in total. The van der Waals surface area contributed by atoms with Crippen LogP contribution in [0.25, 0.3) is 32.9 Å². The second kappa shape index (κ2) is 12.3. The molecular weight excluding hydrogens is 655 g/mol. The van der Waals surface area contributed by atoms with Gasteiger partial charge in [-0.15, -0.1) is 0 Å². The molecule has 0 saturated heterocycles. The van der Waals surface area contributed by atoms with Crippen molar-refractivity contribution in [3.05, 3.63) is 98.0 Å². The van der Waals surface area contributed by atoms with Gasteiger partial charge < -0.3 is 18.8 Å². The third-order valence-corrected chi connectivity index (χ3v) is 10.9. The van der Waals surface area contributed by atoms with Crippen molar-refractivity contribution in [2.45, 2.75) is 53.5 Å². The van der Waals surface area contributed by atoms with Gasteiger partial charge in [0, 0.05) is 65.5 Å². The van der Waals surface area contributed by atoms with Gasteiger partial charge in [-0.2, -0.15) is 10.4 Å². The molecule has 1 atom stereocenters. The monoisotopic (exact) mass is 692 g/mol. The first kappa shape index (κ1) is 32.8. The van der Waals surface area contributed by atoms with Gasteiger partial charge in [-0.1, -0.05) is 41.4 Å². The van der Waals surface area contributed by atoms with E-state index in [4.69, 9.17) is 33.0 Å². The van der Waals surface area contributed by atoms with Gasteiger partial charge in [-0.3, -0.25) is 9.48 Å². The Hall–Kier alpha value is -4.71. The second-order valence-electron chi connectivity index (χ2n) is 13.2. The largest absolute Gasteiger partial charge is 0.494 e. The van der Waals surface area contributed by atoms with Crippen molar-refractivity contribution < 1.29 is 9.53 Å². The van der Waals surface area contributed by atoms with Crippen molar-refractivity contribution in [1.82, 2.24) is 18.9 Å². The van der Waals surface area contributed by atoms with Crippen LogP contribution < -0.4 is 9.64 Å². The van der Waals surface area contributed by atoms with Gasteiger partial charge in [0.1, 0.15) is 17.5 Å². The lowest BCUT2D eigenvalue weighted by molar-refractivity contribution is 0.0957. The number of halogens is 2. The van der Waals surface area contributed by atoms with Crippen LogP contribution in [0, 0.1) is 39.0 Å². The summed E-state index contributed by atoms with van der Waals surface area (Å²) in [5.41, 5.74) is 10.5. The molecule has 0 radical (unpaired) electrons. The van der Waals surface area contributed by atoms with E-state index in [0.717, 1.165) is 77.5 Å². The van der Waals surface area contributed by atoms with Crippen molar-refractivity contribution >= 4 is 56.6 Å². The highest BCUT2D eigenvalue weighted by Gasteiger charge is 2.37. The Morgan fingerprint density at radius 2 is 1.73 bits per heavy atom. The Morgan fingerprint density at radius 1 is 1.00 bits per heavy atom. The Bertz CT molecular complexity index is 2350. The topological polar surface area (TPSA) is 81.0 Å². The summed E-state index contributed by atoms with van der Waals surface area (Å²) < 4.78 is 12.2. The smallest absolute Gasteiger partial charge is 0.275 e. The van der Waals surface area contributed by atoms with E-state index < -0.39 is 0 Å². The number of anilines is 1. The molecule has 4 heterocycles. The number of rotatable bonds is 7. The minimum Gasteiger partial charge on any atom is -0.494 e. The quantitative estimate of drug-likeness (QED) is 0.156. The molecule has 0 spiro atoms. The number of carbonyl (C=O) groups is 1. The lowest BCUT2D eigenvalue weighted by atomic mass is 9.98. The fourth-order valence-electron chi connectivity index (χ4n) is 7.69. The van der Waals surface area contributed by atoms with Crippen LogP contribution >= 0.6 is 23.2 Å². The van der Waals surface area contributed by atoms with Gasteiger partial charge in [0.05, 0.1) is 39.6 Å². The molecule has 0 fully saturated rings. The summed E-state index contributed by atoms with van der Waals surface area (Å²) in [5.74, 6) is 0.703. The molecule has 0 aliphatic carbocycles. The van der Waals surface area contributed by atoms with E-state index in [9.17, 15) is 10.1 Å². The summed E-state index contributed by atoms with van der Waals surface area (Å²) in [5, 5.41) is 17.8. The molecule has 8 nitrogen and oxygen atoms in total. The number of aromatic nitrogens is 4. The van der Waals surface area contributed by atoms with E-state index in [1.807, 2.05) is 91.6 Å². The number of ether oxygens (including phenoxy) is 1. The molecule has 0 bridgehead atoms. The lowest BCUT2D eigenvalue weighted by Crippen LogP contribution is -2.42. The average molecular weight is 694 g/mol. The molecule has 49 heavy (non-hydrogen) atoms. The van der Waals surface area contributed by atoms with E-state index in [1.165, 1.54) is 0 Å². The van der Waals surface area contributed by atoms with E-state index in [1.54, 1.807) is 0 Å². The van der Waals surface area contributed by atoms with Crippen LogP contribution in [-0.2, 0) is 20.5 Å². The Kier molecular flexibility index (Phi) is 8.25. The fraction of sp³-hybridized carbons (Fsp3) is 0.308. The molecule has 1 aliphatic rings. The SMILES string of the molecule is Cc1cc(OCCCc2c3n(c4c(-c5c(C)nn(C)c5C)c(Cl)ccc24)C(C)CN(c2cn(C)c4c(C#N)cccc24)C3=O)cc(C)c1Cl. The van der Waals surface area contributed by atoms with E-state index in [-0.39, 0.29) is 11.9 Å². The molecule has 1 aliphatic heterocycles. The maximum atomic E-state index is 14.9. The van der Waals surface area contributed by atoms with Gasteiger partial charge in [-0.05, 0) is 88.4 Å². The van der Waals surface area contributed by atoms with Crippen molar-refractivity contribution in [3.63, 3.8) is 0 Å². The number of nitrogens with zero attached hydrogens (tertiary/aromatic N) is 6. The molecule has 0 saturated carbocycles. The number of fused-ring (bicyclic) bond motifs is 4. The summed E-state index contributed by atoms with van der Waals surface area (Å²) in [6.45, 7) is 11.1. The second-order valence-corrected chi connectivity index (χ2v) is 14.0. The third-order valence-electron chi connectivity index (χ3n) is 9.96. The summed E-state index contributed by atoms with van der Waals surface area (Å²) in [4.78, 5) is 16.8. The maximum Gasteiger partial charge on any atom is 0.275 e. The van der Waals surface area contributed by atoms with Gasteiger partial charge in [0.25, 0.3) is 5.91 Å². The zero-order valence-electron chi connectivity index (χ0n) is 28.8. The van der Waals surface area contributed by atoms with Crippen molar-refractivity contribution in [3.8, 4) is 22.9 Å². The van der Waals surface area contributed by atoms with E-state index in [0.29, 0.717) is 42.3 Å². The molecule has 1 amide bonds. The standard InChI is InChI=1S/C39H38Cl2N6O2/c1-21-16-27(17-22(2)35(21)41)49-15-9-12-28-29-13-14-31(40)34(33-24(4)43-45(7)25(33)5)37(29)47-23(3)19-46(39(48)38(28)47)32-20-44(6)36-26(18-42)10-8-11-30(32)36/h8,10-11,13-14,16-17,20,23H,9,12,15,19H2,1-7H3. The van der Waals surface area contributed by atoms with Crippen LogP contribution in [0.5, 0.6) is 5.75 Å². The van der Waals surface area contributed by atoms with Gasteiger partial charge in [0.2, 0.25) is 0 Å². The molecule has 250 valence electrons. The molecule has 10 heteroatoms. The first-order valence-corrected chi connectivity index (χ1v) is 17.2. The van der Waals surface area contributed by atoms with Crippen LogP contribution in [0.3, 0.4) is 0 Å². The number of hydrogen-bond acceptors (Lipinski definition) is 4. The first-order valence-electron chi connectivity index (χ1n) is 16.5. The summed E-state index contributed by atoms with van der Waals surface area (Å²) in [6.07, 6.45) is 3.27. The molecule has 3 aromatic heterocycles. The fourth-order valence-corrected chi connectivity index (χ4v) is 8.05. The summed E-state index contributed by atoms with van der Waals surface area (Å²) >= 11 is 13.5. The molecule has 6 aromatic rings. The highest BCUT2D eigenvalue weighted by atomic mass is 35.5. The minimum atomic E-state index is -0.0795. The molecule has 7 rings (SSSR count). The van der Waals surface area contributed by atoms with E-state index >= 15 is 0 Å². The maximum absolute atomic E-state index is 14.9. The lowest BCUT2D eigenvalue weighted by Gasteiger charge is -2.34. The number of benzene rings is 3. The number of para-hydroxylation sites is 1. The van der Waals surface area contributed by atoms with Gasteiger partial charge in [-0.25, -0.2) is 0 Å². The number of carbonyl (C=O) groups excluding carboxylic acids is 1. The zero-order valence-corrected chi connectivity index (χ0v) is 30.3. The van der Waals surface area contributed by atoms with Gasteiger partial charge >= 0.3 is 0 Å². The predicted octanol–water partition coefficient (Wildman–Crippen LogP) is 9.18. The minimum absolute atomic E-state index is 0.0780. The van der Waals surface area contributed by atoms with Crippen molar-refractivity contribution in [2.75, 3.05) is 18.1 Å². The van der Waals surface area contributed by atoms with Crippen LogP contribution in [0.4, 0.5) is 5.69 Å². The number of hydrogen-bond donors (Lipinski definition) is 0. The average Bonchev–Trinajstić information content (AvgIpc) is 3.68. The number of aryl methyl sites for hydroxylation is 6. The summed E-state index contributed by atoms with van der Waals surface area (Å²) in [6, 6.07) is 15.8. The molecule has 3 aromatic carbocycles. The highest BCUT2D eigenvalue weighted by Crippen LogP contribution is 2.45. The Labute approximate surface area is 296 Å². The third kappa shape index (κ3) is 5.19. The Balaban J connectivity index is 1.38. The normalized spacial score (nSPS) is 14.6. The van der Waals surface area contributed by atoms with Crippen molar-refractivity contribution in [2.24, 2.45) is 14.1 Å². The van der Waals surface area contributed by atoms with Crippen molar-refractivity contribution in [1.29, 1.82) is 5.26 Å². The summed E-state index contributed by atoms with van der Waals surface area (Å²) in [7, 11) is 3.86. The predicted molar refractivity (Wildman–Crippen MR) is 197 cm³/mol. The van der Waals surface area contributed by atoms with Gasteiger partial charge in [0.15, 0.2) is 0 Å². The van der Waals surface area contributed by atoms with Crippen LogP contribution in [-0.4, -0.2) is 38.0 Å².